The Morgan fingerprint density at radius 2 is 1.81 bits per heavy atom. The summed E-state index contributed by atoms with van der Waals surface area (Å²) in [6.07, 6.45) is 6.88. The first-order chi connectivity index (χ1) is 12.9. The van der Waals surface area contributed by atoms with E-state index in [9.17, 15) is 8.42 Å². The van der Waals surface area contributed by atoms with Crippen molar-refractivity contribution in [1.82, 2.24) is 14.1 Å². The second-order valence-corrected chi connectivity index (χ2v) is 8.86. The summed E-state index contributed by atoms with van der Waals surface area (Å²) in [7, 11) is -3.28. The Morgan fingerprint density at radius 3 is 2.48 bits per heavy atom. The van der Waals surface area contributed by atoms with Crippen LogP contribution >= 0.6 is 11.3 Å². The van der Waals surface area contributed by atoms with Crippen LogP contribution in [0.25, 0.3) is 21.9 Å². The average molecular weight is 399 g/mol. The number of rotatable bonds is 5. The molecule has 0 amide bonds. The van der Waals surface area contributed by atoms with Crippen LogP contribution in [-0.4, -0.2) is 28.8 Å². The molecule has 1 N–H and O–H groups in total. The van der Waals surface area contributed by atoms with Gasteiger partial charge in [0.15, 0.2) is 0 Å². The van der Waals surface area contributed by atoms with Gasteiger partial charge in [-0.15, -0.1) is 11.3 Å². The van der Waals surface area contributed by atoms with E-state index < -0.39 is 10.0 Å². The van der Waals surface area contributed by atoms with Crippen LogP contribution < -0.4 is 4.72 Å². The zero-order valence-electron chi connectivity index (χ0n) is 14.8. The van der Waals surface area contributed by atoms with E-state index in [0.29, 0.717) is 5.69 Å². The number of aryl methyl sites for hydroxylation is 1. The van der Waals surface area contributed by atoms with Crippen LogP contribution in [0.1, 0.15) is 5.82 Å². The third-order valence-corrected chi connectivity index (χ3v) is 5.69. The number of benzene rings is 1. The molecule has 0 radical (unpaired) electrons. The Kier molecular flexibility index (Phi) is 4.37. The SMILES string of the molecule is Cc1nccn1-c1csc(-c2cccn2-c2ccc(NS(C)(=O)=O)cc2)c1. The fourth-order valence-electron chi connectivity index (χ4n) is 2.95. The number of thiophene rings is 1. The topological polar surface area (TPSA) is 68.9 Å². The third kappa shape index (κ3) is 3.67. The lowest BCUT2D eigenvalue weighted by molar-refractivity contribution is 0.607. The molecule has 0 aliphatic carbocycles. The van der Waals surface area contributed by atoms with Crippen molar-refractivity contribution in [3.8, 4) is 21.9 Å². The normalized spacial score (nSPS) is 11.6. The van der Waals surface area contributed by atoms with Crippen molar-refractivity contribution in [2.75, 3.05) is 11.0 Å². The lowest BCUT2D eigenvalue weighted by Crippen LogP contribution is -2.09. The summed E-state index contributed by atoms with van der Waals surface area (Å²) in [5.74, 6) is 0.948. The van der Waals surface area contributed by atoms with E-state index in [1.54, 1.807) is 29.7 Å². The van der Waals surface area contributed by atoms with Crippen LogP contribution in [0.2, 0.25) is 0 Å². The summed E-state index contributed by atoms with van der Waals surface area (Å²) in [4.78, 5) is 5.42. The van der Waals surface area contributed by atoms with Gasteiger partial charge >= 0.3 is 0 Å². The summed E-state index contributed by atoms with van der Waals surface area (Å²) >= 11 is 1.67. The van der Waals surface area contributed by atoms with Crippen LogP contribution in [0.3, 0.4) is 0 Å². The predicted molar refractivity (Wildman–Crippen MR) is 109 cm³/mol. The van der Waals surface area contributed by atoms with Gasteiger partial charge in [-0.3, -0.25) is 4.72 Å². The fraction of sp³-hybridized carbons (Fsp3) is 0.105. The number of aromatic nitrogens is 3. The summed E-state index contributed by atoms with van der Waals surface area (Å²) in [6, 6.07) is 13.5. The van der Waals surface area contributed by atoms with Crippen LogP contribution in [0, 0.1) is 6.92 Å². The van der Waals surface area contributed by atoms with Gasteiger partial charge in [-0.25, -0.2) is 13.4 Å². The van der Waals surface area contributed by atoms with Gasteiger partial charge in [-0.1, -0.05) is 0 Å². The highest BCUT2D eigenvalue weighted by atomic mass is 32.2. The van der Waals surface area contributed by atoms with E-state index >= 15 is 0 Å². The van der Waals surface area contributed by atoms with Crippen molar-refractivity contribution in [3.63, 3.8) is 0 Å². The number of imidazole rings is 1. The lowest BCUT2D eigenvalue weighted by Gasteiger charge is -2.10. The molecule has 8 heteroatoms. The molecule has 3 aromatic heterocycles. The number of nitrogens with zero attached hydrogens (tertiary/aromatic N) is 3. The van der Waals surface area contributed by atoms with Crippen molar-refractivity contribution in [3.05, 3.63) is 72.3 Å². The molecule has 1 aromatic carbocycles. The first-order valence-corrected chi connectivity index (χ1v) is 11.0. The lowest BCUT2D eigenvalue weighted by atomic mass is 10.2. The summed E-state index contributed by atoms with van der Waals surface area (Å²) < 4.78 is 29.3. The van der Waals surface area contributed by atoms with Crippen molar-refractivity contribution in [1.29, 1.82) is 0 Å². The third-order valence-electron chi connectivity index (χ3n) is 4.14. The molecule has 0 saturated carbocycles. The molecular weight excluding hydrogens is 380 g/mol. The van der Waals surface area contributed by atoms with Gasteiger partial charge in [0.2, 0.25) is 10.0 Å². The molecular formula is C19H18N4O2S2. The minimum atomic E-state index is -3.28. The maximum Gasteiger partial charge on any atom is 0.229 e. The monoisotopic (exact) mass is 398 g/mol. The molecule has 3 heterocycles. The Bertz CT molecular complexity index is 1180. The minimum absolute atomic E-state index is 0.545. The molecule has 0 saturated heterocycles. The van der Waals surface area contributed by atoms with Crippen molar-refractivity contribution < 1.29 is 8.42 Å². The minimum Gasteiger partial charge on any atom is -0.316 e. The second kappa shape index (κ2) is 6.71. The van der Waals surface area contributed by atoms with Crippen LogP contribution in [0.5, 0.6) is 0 Å². The molecule has 0 aliphatic heterocycles. The Balaban J connectivity index is 1.66. The van der Waals surface area contributed by atoms with Gasteiger partial charge in [-0.2, -0.15) is 0 Å². The van der Waals surface area contributed by atoms with Crippen LogP contribution in [0.4, 0.5) is 5.69 Å². The van der Waals surface area contributed by atoms with Crippen LogP contribution in [-0.2, 0) is 10.0 Å². The molecule has 138 valence electrons. The summed E-state index contributed by atoms with van der Waals surface area (Å²) in [6.45, 7) is 1.98. The van der Waals surface area contributed by atoms with Gasteiger partial charge in [0.05, 0.1) is 22.5 Å². The van der Waals surface area contributed by atoms with E-state index in [4.69, 9.17) is 0 Å². The molecule has 0 bridgehead atoms. The van der Waals surface area contributed by atoms with Crippen molar-refractivity contribution in [2.45, 2.75) is 6.92 Å². The van der Waals surface area contributed by atoms with E-state index in [2.05, 4.69) is 36.4 Å². The molecule has 0 fully saturated rings. The molecule has 0 spiro atoms. The zero-order chi connectivity index (χ0) is 19.0. The predicted octanol–water partition coefficient (Wildman–Crippen LogP) is 4.07. The first-order valence-electron chi connectivity index (χ1n) is 8.25. The maximum atomic E-state index is 11.4. The molecule has 6 nitrogen and oxygen atoms in total. The van der Waals surface area contributed by atoms with E-state index in [0.717, 1.165) is 34.0 Å². The van der Waals surface area contributed by atoms with Gasteiger partial charge in [0.25, 0.3) is 0 Å². The number of hydrogen-bond acceptors (Lipinski definition) is 4. The Labute approximate surface area is 161 Å². The summed E-state index contributed by atoms with van der Waals surface area (Å²) in [5, 5.41) is 2.11. The second-order valence-electron chi connectivity index (χ2n) is 6.20. The van der Waals surface area contributed by atoms with E-state index in [1.807, 2.05) is 37.5 Å². The number of sulfonamides is 1. The van der Waals surface area contributed by atoms with Gasteiger partial charge in [-0.05, 0) is 49.4 Å². The highest BCUT2D eigenvalue weighted by Gasteiger charge is 2.11. The Morgan fingerprint density at radius 1 is 1.04 bits per heavy atom. The smallest absolute Gasteiger partial charge is 0.229 e. The molecule has 27 heavy (non-hydrogen) atoms. The van der Waals surface area contributed by atoms with Gasteiger partial charge in [0.1, 0.15) is 5.82 Å². The Hall–Kier alpha value is -2.84. The molecule has 4 aromatic rings. The highest BCUT2D eigenvalue weighted by Crippen LogP contribution is 2.31. The summed E-state index contributed by atoms with van der Waals surface area (Å²) in [5.41, 5.74) is 3.67. The zero-order valence-corrected chi connectivity index (χ0v) is 16.5. The maximum absolute atomic E-state index is 11.4. The average Bonchev–Trinajstić information content (AvgIpc) is 3.33. The number of anilines is 1. The van der Waals surface area contributed by atoms with E-state index in [1.165, 1.54) is 0 Å². The number of hydrogen-bond donors (Lipinski definition) is 1. The molecule has 0 unspecified atom stereocenters. The fourth-order valence-corrected chi connectivity index (χ4v) is 4.42. The van der Waals surface area contributed by atoms with Crippen molar-refractivity contribution >= 4 is 27.0 Å². The number of nitrogens with one attached hydrogen (secondary N) is 1. The van der Waals surface area contributed by atoms with Gasteiger partial charge in [0, 0.05) is 35.3 Å². The largest absolute Gasteiger partial charge is 0.316 e. The standard InChI is InChI=1S/C19H18N4O2S2/c1-14-20-9-11-22(14)17-12-19(26-13-17)18-4-3-10-23(18)16-7-5-15(6-8-16)21-27(2,24)25/h3-13,21H,1-2H3. The first kappa shape index (κ1) is 17.6. The molecule has 0 atom stereocenters. The van der Waals surface area contributed by atoms with E-state index in [-0.39, 0.29) is 0 Å². The van der Waals surface area contributed by atoms with Crippen molar-refractivity contribution in [2.24, 2.45) is 0 Å². The van der Waals surface area contributed by atoms with Gasteiger partial charge < -0.3 is 9.13 Å². The highest BCUT2D eigenvalue weighted by molar-refractivity contribution is 7.92. The molecule has 0 aliphatic rings. The quantitative estimate of drug-likeness (QED) is 0.551. The molecule has 4 rings (SSSR count). The van der Waals surface area contributed by atoms with Crippen LogP contribution in [0.15, 0.2) is 66.4 Å².